The molecule has 128 valence electrons. The van der Waals surface area contributed by atoms with Gasteiger partial charge in [0.1, 0.15) is 0 Å². The van der Waals surface area contributed by atoms with Crippen LogP contribution in [0.25, 0.3) is 0 Å². The lowest BCUT2D eigenvalue weighted by Crippen LogP contribution is -2.22. The summed E-state index contributed by atoms with van der Waals surface area (Å²) in [6.45, 7) is 0. The molecule has 1 aromatic carbocycles. The minimum absolute atomic E-state index is 0.159. The summed E-state index contributed by atoms with van der Waals surface area (Å²) in [5.74, 6) is 0. The summed E-state index contributed by atoms with van der Waals surface area (Å²) in [6, 6.07) is 9.15. The van der Waals surface area contributed by atoms with Crippen LogP contribution < -0.4 is 4.90 Å². The Morgan fingerprint density at radius 2 is 1.35 bits per heavy atom. The Bertz CT molecular complexity index is 454. The van der Waals surface area contributed by atoms with Crippen molar-refractivity contribution in [3.05, 3.63) is 29.8 Å². The SMILES string of the molecule is CN(C)c1ccccc1CP(C1CCCCC1)C1CCCCC1. The average Bonchev–Trinajstić information content (AvgIpc) is 2.61. The summed E-state index contributed by atoms with van der Waals surface area (Å²) in [6.07, 6.45) is 16.4. The number of benzene rings is 1. The largest absolute Gasteiger partial charge is 0.377 e. The van der Waals surface area contributed by atoms with Crippen LogP contribution in [0.3, 0.4) is 0 Å². The molecule has 0 aliphatic heterocycles. The highest BCUT2D eigenvalue weighted by Crippen LogP contribution is 2.58. The molecule has 0 radical (unpaired) electrons. The number of hydrogen-bond acceptors (Lipinski definition) is 1. The molecule has 2 fully saturated rings. The molecule has 2 saturated carbocycles. The summed E-state index contributed by atoms with van der Waals surface area (Å²) >= 11 is 0. The molecule has 0 bridgehead atoms. The fourth-order valence-electron chi connectivity index (χ4n) is 4.66. The van der Waals surface area contributed by atoms with Crippen molar-refractivity contribution in [3.63, 3.8) is 0 Å². The van der Waals surface area contributed by atoms with Gasteiger partial charge >= 0.3 is 0 Å². The fraction of sp³-hybridized carbons (Fsp3) is 0.714. The van der Waals surface area contributed by atoms with Crippen LogP contribution in [0, 0.1) is 0 Å². The zero-order valence-corrected chi connectivity index (χ0v) is 16.0. The third kappa shape index (κ3) is 4.50. The Kier molecular flexibility index (Phi) is 6.40. The second-order valence-electron chi connectivity index (χ2n) is 7.78. The van der Waals surface area contributed by atoms with Gasteiger partial charge in [0.2, 0.25) is 0 Å². The number of anilines is 1. The van der Waals surface area contributed by atoms with E-state index in [1.165, 1.54) is 76.1 Å². The van der Waals surface area contributed by atoms with E-state index >= 15 is 0 Å². The average molecular weight is 331 g/mol. The first-order valence-electron chi connectivity index (χ1n) is 9.76. The van der Waals surface area contributed by atoms with Crippen LogP contribution in [0.5, 0.6) is 0 Å². The van der Waals surface area contributed by atoms with Crippen LogP contribution in [0.1, 0.15) is 69.8 Å². The van der Waals surface area contributed by atoms with Crippen molar-refractivity contribution in [1.29, 1.82) is 0 Å². The van der Waals surface area contributed by atoms with E-state index in [9.17, 15) is 0 Å². The minimum atomic E-state index is 0.159. The molecule has 2 heteroatoms. The summed E-state index contributed by atoms with van der Waals surface area (Å²) in [4.78, 5) is 2.31. The molecule has 0 N–H and O–H groups in total. The lowest BCUT2D eigenvalue weighted by molar-refractivity contribution is 0.484. The molecule has 0 aromatic heterocycles. The third-order valence-electron chi connectivity index (χ3n) is 5.91. The van der Waals surface area contributed by atoms with Gasteiger partial charge in [0.15, 0.2) is 0 Å². The Balaban J connectivity index is 1.80. The molecule has 3 rings (SSSR count). The van der Waals surface area contributed by atoms with Gasteiger partial charge in [-0.1, -0.05) is 64.6 Å². The minimum Gasteiger partial charge on any atom is -0.377 e. The highest BCUT2D eigenvalue weighted by Gasteiger charge is 2.31. The van der Waals surface area contributed by atoms with Gasteiger partial charge in [0.05, 0.1) is 0 Å². The van der Waals surface area contributed by atoms with Gasteiger partial charge in [-0.3, -0.25) is 0 Å². The van der Waals surface area contributed by atoms with Crippen molar-refractivity contribution >= 4 is 13.6 Å². The molecule has 0 saturated heterocycles. The number of para-hydroxylation sites is 1. The predicted molar refractivity (Wildman–Crippen MR) is 105 cm³/mol. The number of rotatable bonds is 5. The molecule has 2 aliphatic carbocycles. The van der Waals surface area contributed by atoms with Crippen molar-refractivity contribution in [3.8, 4) is 0 Å². The standard InChI is InChI=1S/C21H34NP/c1-22(2)21-16-10-9-11-18(21)17-23(19-12-5-3-6-13-19)20-14-7-4-8-15-20/h9-11,16,19-20H,3-8,12-15,17H2,1-2H3. The van der Waals surface area contributed by atoms with E-state index in [0.717, 1.165) is 11.3 Å². The molecule has 0 heterocycles. The molecule has 0 amide bonds. The zero-order valence-electron chi connectivity index (χ0n) is 15.1. The van der Waals surface area contributed by atoms with Gasteiger partial charge in [0.25, 0.3) is 0 Å². The van der Waals surface area contributed by atoms with Crippen LogP contribution >= 0.6 is 7.92 Å². The Hall–Kier alpha value is -0.550. The predicted octanol–water partition coefficient (Wildman–Crippen LogP) is 6.40. The first-order valence-corrected chi connectivity index (χ1v) is 11.4. The first kappa shape index (κ1) is 17.3. The van der Waals surface area contributed by atoms with Gasteiger partial charge in [0, 0.05) is 19.8 Å². The number of nitrogens with zero attached hydrogens (tertiary/aromatic N) is 1. The maximum Gasteiger partial charge on any atom is 0.0397 e. The molecule has 0 atom stereocenters. The molecule has 0 spiro atoms. The second kappa shape index (κ2) is 8.52. The van der Waals surface area contributed by atoms with Crippen LogP contribution in [0.15, 0.2) is 24.3 Å². The van der Waals surface area contributed by atoms with E-state index in [4.69, 9.17) is 0 Å². The quantitative estimate of drug-likeness (QED) is 0.564. The lowest BCUT2D eigenvalue weighted by atomic mass is 9.99. The summed E-state index contributed by atoms with van der Waals surface area (Å²) < 4.78 is 0. The summed E-state index contributed by atoms with van der Waals surface area (Å²) in [5.41, 5.74) is 5.17. The van der Waals surface area contributed by atoms with Crippen LogP contribution in [0.2, 0.25) is 0 Å². The van der Waals surface area contributed by atoms with E-state index < -0.39 is 0 Å². The molecule has 23 heavy (non-hydrogen) atoms. The molecule has 2 aliphatic rings. The van der Waals surface area contributed by atoms with Crippen molar-refractivity contribution in [2.24, 2.45) is 0 Å². The molecule has 1 aromatic rings. The fourth-order valence-corrected chi connectivity index (χ4v) is 8.49. The van der Waals surface area contributed by atoms with Crippen LogP contribution in [-0.4, -0.2) is 25.4 Å². The van der Waals surface area contributed by atoms with Gasteiger partial charge < -0.3 is 4.90 Å². The van der Waals surface area contributed by atoms with Crippen molar-refractivity contribution in [2.75, 3.05) is 19.0 Å². The Morgan fingerprint density at radius 1 is 0.826 bits per heavy atom. The lowest BCUT2D eigenvalue weighted by Gasteiger charge is -2.39. The van der Waals surface area contributed by atoms with E-state index in [1.54, 1.807) is 5.56 Å². The van der Waals surface area contributed by atoms with E-state index in [-0.39, 0.29) is 7.92 Å². The molecular formula is C21H34NP. The number of hydrogen-bond donors (Lipinski definition) is 0. The first-order chi connectivity index (χ1) is 11.3. The highest BCUT2D eigenvalue weighted by atomic mass is 31.1. The normalized spacial score (nSPS) is 20.8. The maximum atomic E-state index is 2.40. The van der Waals surface area contributed by atoms with Gasteiger partial charge in [-0.05, 0) is 54.8 Å². The Labute approximate surface area is 144 Å². The van der Waals surface area contributed by atoms with Crippen molar-refractivity contribution in [2.45, 2.75) is 81.7 Å². The highest BCUT2D eigenvalue weighted by molar-refractivity contribution is 7.58. The zero-order chi connectivity index (χ0) is 16.1. The maximum absolute atomic E-state index is 2.40. The van der Waals surface area contributed by atoms with Gasteiger partial charge in [-0.2, -0.15) is 0 Å². The topological polar surface area (TPSA) is 3.24 Å². The Morgan fingerprint density at radius 3 is 1.87 bits per heavy atom. The monoisotopic (exact) mass is 331 g/mol. The van der Waals surface area contributed by atoms with Crippen LogP contribution in [-0.2, 0) is 6.16 Å². The van der Waals surface area contributed by atoms with Crippen molar-refractivity contribution in [1.82, 2.24) is 0 Å². The van der Waals surface area contributed by atoms with Gasteiger partial charge in [-0.25, -0.2) is 0 Å². The van der Waals surface area contributed by atoms with E-state index in [1.807, 2.05) is 0 Å². The molecular weight excluding hydrogens is 297 g/mol. The molecule has 1 nitrogen and oxygen atoms in total. The van der Waals surface area contributed by atoms with Crippen LogP contribution in [0.4, 0.5) is 5.69 Å². The van der Waals surface area contributed by atoms with E-state index in [2.05, 4.69) is 43.3 Å². The van der Waals surface area contributed by atoms with Gasteiger partial charge in [-0.15, -0.1) is 0 Å². The third-order valence-corrected chi connectivity index (χ3v) is 9.53. The molecule has 0 unspecified atom stereocenters. The van der Waals surface area contributed by atoms with E-state index in [0.29, 0.717) is 0 Å². The second-order valence-corrected chi connectivity index (χ2v) is 10.6. The van der Waals surface area contributed by atoms with Crippen molar-refractivity contribution < 1.29 is 0 Å². The smallest absolute Gasteiger partial charge is 0.0397 e. The summed E-state index contributed by atoms with van der Waals surface area (Å²) in [5, 5.41) is 0. The summed E-state index contributed by atoms with van der Waals surface area (Å²) in [7, 11) is 4.55.